The van der Waals surface area contributed by atoms with E-state index in [0.29, 0.717) is 17.9 Å². The largest absolute Gasteiger partial charge is 0.391 e. The van der Waals surface area contributed by atoms with E-state index < -0.39 is 6.10 Å². The first-order valence-corrected chi connectivity index (χ1v) is 7.27. The van der Waals surface area contributed by atoms with Crippen LogP contribution in [0.4, 0.5) is 10.5 Å². The van der Waals surface area contributed by atoms with Gasteiger partial charge >= 0.3 is 6.03 Å². The van der Waals surface area contributed by atoms with Gasteiger partial charge in [-0.25, -0.2) is 9.78 Å². The standard InChI is InChI=1S/C15H21N5O2/c1-3-5-13(21)9-16-15(22)18-12-7-4-6-11(8-12)14-17-10-20(2)19-14/h4,6-8,10,13,21H,3,5,9H2,1-2H3,(H2,16,18,22)/t13-/m1/s1. The van der Waals surface area contributed by atoms with Crippen LogP contribution in [-0.4, -0.2) is 38.6 Å². The molecule has 0 saturated heterocycles. The van der Waals surface area contributed by atoms with Gasteiger partial charge in [-0.05, 0) is 18.6 Å². The van der Waals surface area contributed by atoms with Crippen LogP contribution in [0.15, 0.2) is 30.6 Å². The summed E-state index contributed by atoms with van der Waals surface area (Å²) >= 11 is 0. The lowest BCUT2D eigenvalue weighted by atomic mass is 10.2. The van der Waals surface area contributed by atoms with Crippen molar-refractivity contribution in [2.45, 2.75) is 25.9 Å². The molecule has 1 heterocycles. The molecular weight excluding hydrogens is 282 g/mol. The van der Waals surface area contributed by atoms with Crippen molar-refractivity contribution in [2.75, 3.05) is 11.9 Å². The number of aliphatic hydroxyl groups is 1. The fraction of sp³-hybridized carbons (Fsp3) is 0.400. The van der Waals surface area contributed by atoms with E-state index in [1.54, 1.807) is 30.2 Å². The van der Waals surface area contributed by atoms with Gasteiger partial charge in [-0.15, -0.1) is 0 Å². The van der Waals surface area contributed by atoms with Crippen LogP contribution < -0.4 is 10.6 Å². The molecule has 1 aromatic carbocycles. The quantitative estimate of drug-likeness (QED) is 0.758. The van der Waals surface area contributed by atoms with Crippen molar-refractivity contribution >= 4 is 11.7 Å². The molecule has 22 heavy (non-hydrogen) atoms. The fourth-order valence-electron chi connectivity index (χ4n) is 2.03. The summed E-state index contributed by atoms with van der Waals surface area (Å²) in [5.41, 5.74) is 1.47. The number of hydrogen-bond acceptors (Lipinski definition) is 4. The number of aromatic nitrogens is 3. The third-order valence-corrected chi connectivity index (χ3v) is 3.10. The highest BCUT2D eigenvalue weighted by molar-refractivity contribution is 5.89. The zero-order valence-corrected chi connectivity index (χ0v) is 12.8. The van der Waals surface area contributed by atoms with Crippen LogP contribution in [-0.2, 0) is 7.05 Å². The predicted molar refractivity (Wildman–Crippen MR) is 84.4 cm³/mol. The zero-order chi connectivity index (χ0) is 15.9. The lowest BCUT2D eigenvalue weighted by molar-refractivity contribution is 0.162. The number of amides is 2. The summed E-state index contributed by atoms with van der Waals surface area (Å²) in [5, 5.41) is 19.2. The Morgan fingerprint density at radius 3 is 2.95 bits per heavy atom. The summed E-state index contributed by atoms with van der Waals surface area (Å²) < 4.78 is 1.62. The second-order valence-electron chi connectivity index (χ2n) is 5.10. The molecule has 2 amide bonds. The van der Waals surface area contributed by atoms with Gasteiger partial charge in [0.1, 0.15) is 6.33 Å². The van der Waals surface area contributed by atoms with E-state index in [9.17, 15) is 9.90 Å². The van der Waals surface area contributed by atoms with Crippen LogP contribution in [0.3, 0.4) is 0 Å². The number of carbonyl (C=O) groups is 1. The monoisotopic (exact) mass is 303 g/mol. The van der Waals surface area contributed by atoms with Crippen molar-refractivity contribution in [3.05, 3.63) is 30.6 Å². The number of rotatable bonds is 6. The molecule has 0 aliphatic carbocycles. The molecule has 118 valence electrons. The van der Waals surface area contributed by atoms with Crippen molar-refractivity contribution in [1.82, 2.24) is 20.1 Å². The number of urea groups is 1. The van der Waals surface area contributed by atoms with Crippen molar-refractivity contribution in [3.8, 4) is 11.4 Å². The van der Waals surface area contributed by atoms with E-state index in [1.807, 2.05) is 19.1 Å². The van der Waals surface area contributed by atoms with Crippen LogP contribution in [0, 0.1) is 0 Å². The highest BCUT2D eigenvalue weighted by Gasteiger charge is 2.08. The first-order chi connectivity index (χ1) is 10.6. The van der Waals surface area contributed by atoms with Gasteiger partial charge in [0.15, 0.2) is 5.82 Å². The summed E-state index contributed by atoms with van der Waals surface area (Å²) in [7, 11) is 1.80. The van der Waals surface area contributed by atoms with E-state index in [2.05, 4.69) is 20.7 Å². The van der Waals surface area contributed by atoms with Crippen molar-refractivity contribution in [3.63, 3.8) is 0 Å². The average molecular weight is 303 g/mol. The number of nitrogens with zero attached hydrogens (tertiary/aromatic N) is 3. The molecule has 3 N–H and O–H groups in total. The van der Waals surface area contributed by atoms with Gasteiger partial charge in [-0.1, -0.05) is 25.5 Å². The third kappa shape index (κ3) is 4.56. The van der Waals surface area contributed by atoms with E-state index in [0.717, 1.165) is 12.0 Å². The number of benzene rings is 1. The number of carbonyl (C=O) groups excluding carboxylic acids is 1. The maximum absolute atomic E-state index is 11.8. The molecule has 0 radical (unpaired) electrons. The molecule has 1 atom stereocenters. The average Bonchev–Trinajstić information content (AvgIpc) is 2.92. The lowest BCUT2D eigenvalue weighted by Crippen LogP contribution is -2.35. The Hall–Kier alpha value is -2.41. The maximum atomic E-state index is 11.8. The Kier molecular flexibility index (Phi) is 5.48. The molecule has 0 aliphatic heterocycles. The van der Waals surface area contributed by atoms with Gasteiger partial charge in [0, 0.05) is 24.8 Å². The molecule has 2 rings (SSSR count). The molecule has 0 spiro atoms. The molecule has 7 heteroatoms. The van der Waals surface area contributed by atoms with E-state index in [1.165, 1.54) is 0 Å². The zero-order valence-electron chi connectivity index (χ0n) is 12.8. The van der Waals surface area contributed by atoms with Crippen LogP contribution in [0.1, 0.15) is 19.8 Å². The fourth-order valence-corrected chi connectivity index (χ4v) is 2.03. The topological polar surface area (TPSA) is 92.1 Å². The number of nitrogens with one attached hydrogen (secondary N) is 2. The highest BCUT2D eigenvalue weighted by atomic mass is 16.3. The molecular formula is C15H21N5O2. The number of anilines is 1. The Morgan fingerprint density at radius 1 is 1.45 bits per heavy atom. The Morgan fingerprint density at radius 2 is 2.27 bits per heavy atom. The first kappa shape index (κ1) is 16.0. The number of hydrogen-bond donors (Lipinski definition) is 3. The van der Waals surface area contributed by atoms with Gasteiger partial charge in [-0.2, -0.15) is 5.10 Å². The number of aliphatic hydroxyl groups excluding tert-OH is 1. The first-order valence-electron chi connectivity index (χ1n) is 7.27. The molecule has 7 nitrogen and oxygen atoms in total. The Labute approximate surface area is 129 Å². The number of aryl methyl sites for hydroxylation is 1. The summed E-state index contributed by atoms with van der Waals surface area (Å²) in [4.78, 5) is 16.0. The van der Waals surface area contributed by atoms with E-state index in [4.69, 9.17) is 0 Å². The maximum Gasteiger partial charge on any atom is 0.319 e. The minimum Gasteiger partial charge on any atom is -0.391 e. The summed E-state index contributed by atoms with van der Waals surface area (Å²) in [6, 6.07) is 6.95. The summed E-state index contributed by atoms with van der Waals surface area (Å²) in [6.07, 6.45) is 2.65. The molecule has 0 fully saturated rings. The molecule has 2 aromatic rings. The molecule has 0 unspecified atom stereocenters. The van der Waals surface area contributed by atoms with Crippen LogP contribution >= 0.6 is 0 Å². The SMILES string of the molecule is CCC[C@@H](O)CNC(=O)Nc1cccc(-c2ncn(C)n2)c1. The van der Waals surface area contributed by atoms with Crippen LogP contribution in [0.25, 0.3) is 11.4 Å². The van der Waals surface area contributed by atoms with Crippen molar-refractivity contribution < 1.29 is 9.90 Å². The molecule has 0 bridgehead atoms. The van der Waals surface area contributed by atoms with Gasteiger partial charge in [0.25, 0.3) is 0 Å². The Bertz CT molecular complexity index is 626. The second kappa shape index (κ2) is 7.56. The predicted octanol–water partition coefficient (Wildman–Crippen LogP) is 1.76. The molecule has 0 aliphatic rings. The summed E-state index contributed by atoms with van der Waals surface area (Å²) in [6.45, 7) is 2.22. The molecule has 1 aromatic heterocycles. The molecule has 0 saturated carbocycles. The van der Waals surface area contributed by atoms with Gasteiger partial charge in [-0.3, -0.25) is 4.68 Å². The highest BCUT2D eigenvalue weighted by Crippen LogP contribution is 2.18. The minimum absolute atomic E-state index is 0.237. The van der Waals surface area contributed by atoms with Crippen LogP contribution in [0.5, 0.6) is 0 Å². The van der Waals surface area contributed by atoms with Gasteiger partial charge in [0.05, 0.1) is 6.10 Å². The lowest BCUT2D eigenvalue weighted by Gasteiger charge is -2.12. The smallest absolute Gasteiger partial charge is 0.319 e. The van der Waals surface area contributed by atoms with Crippen molar-refractivity contribution in [1.29, 1.82) is 0 Å². The Balaban J connectivity index is 1.94. The second-order valence-corrected chi connectivity index (χ2v) is 5.10. The summed E-state index contributed by atoms with van der Waals surface area (Å²) in [5.74, 6) is 0.602. The minimum atomic E-state index is -0.514. The van der Waals surface area contributed by atoms with Gasteiger partial charge < -0.3 is 15.7 Å². The third-order valence-electron chi connectivity index (χ3n) is 3.10. The normalized spacial score (nSPS) is 12.0. The van der Waals surface area contributed by atoms with Crippen molar-refractivity contribution in [2.24, 2.45) is 7.05 Å². The van der Waals surface area contributed by atoms with E-state index >= 15 is 0 Å². The van der Waals surface area contributed by atoms with E-state index in [-0.39, 0.29) is 12.6 Å². The van der Waals surface area contributed by atoms with Gasteiger partial charge in [0.2, 0.25) is 0 Å². The van der Waals surface area contributed by atoms with Crippen LogP contribution in [0.2, 0.25) is 0 Å².